The Balaban J connectivity index is 1.66. The first kappa shape index (κ1) is 17.3. The molecule has 0 spiro atoms. The average Bonchev–Trinajstić information content (AvgIpc) is 3.51. The fourth-order valence-electron chi connectivity index (χ4n) is 3.50. The van der Waals surface area contributed by atoms with Gasteiger partial charge in [0.15, 0.2) is 11.5 Å². The third-order valence-electron chi connectivity index (χ3n) is 5.13. The highest BCUT2D eigenvalue weighted by molar-refractivity contribution is 6.05. The molecule has 2 aromatic rings. The molecule has 7 nitrogen and oxygen atoms in total. The molecule has 1 aromatic carbocycles. The highest BCUT2D eigenvalue weighted by Crippen LogP contribution is 2.49. The molecule has 2 aliphatic rings. The highest BCUT2D eigenvalue weighted by atomic mass is 16.5. The van der Waals surface area contributed by atoms with E-state index in [1.807, 2.05) is 18.2 Å². The molecular formula is C20H20N2O5. The molecule has 1 N–H and O–H groups in total. The van der Waals surface area contributed by atoms with E-state index in [-0.39, 0.29) is 24.8 Å². The summed E-state index contributed by atoms with van der Waals surface area (Å²) in [5.41, 5.74) is 1.28. The Morgan fingerprint density at radius 1 is 1.30 bits per heavy atom. The number of aromatic nitrogens is 1. The van der Waals surface area contributed by atoms with Gasteiger partial charge in [-0.3, -0.25) is 14.6 Å². The Hall–Kier alpha value is -3.09. The molecule has 4 rings (SSSR count). The molecule has 1 saturated carbocycles. The van der Waals surface area contributed by atoms with Gasteiger partial charge in [0, 0.05) is 30.1 Å². The van der Waals surface area contributed by atoms with Crippen LogP contribution >= 0.6 is 0 Å². The van der Waals surface area contributed by atoms with Crippen LogP contribution in [0.15, 0.2) is 36.7 Å². The van der Waals surface area contributed by atoms with E-state index >= 15 is 0 Å². The molecule has 0 unspecified atom stereocenters. The third kappa shape index (κ3) is 2.99. The lowest BCUT2D eigenvalue weighted by atomic mass is 10.0. The lowest BCUT2D eigenvalue weighted by Gasteiger charge is -2.24. The number of aromatic hydroxyl groups is 1. The number of amides is 1. The monoisotopic (exact) mass is 368 g/mol. The largest absolute Gasteiger partial charge is 0.504 e. The van der Waals surface area contributed by atoms with Gasteiger partial charge in [-0.05, 0) is 36.6 Å². The van der Waals surface area contributed by atoms with Gasteiger partial charge in [0.1, 0.15) is 12.0 Å². The molecule has 1 amide bonds. The number of phenols is 1. The number of rotatable bonds is 3. The van der Waals surface area contributed by atoms with Gasteiger partial charge in [0.2, 0.25) is 5.91 Å². The van der Waals surface area contributed by atoms with E-state index in [0.29, 0.717) is 30.7 Å². The van der Waals surface area contributed by atoms with E-state index in [1.165, 1.54) is 7.11 Å². The van der Waals surface area contributed by atoms with Gasteiger partial charge in [-0.15, -0.1) is 0 Å². The zero-order valence-electron chi connectivity index (χ0n) is 15.0. The number of hydrogen-bond donors (Lipinski definition) is 1. The normalized spacial score (nSPS) is 17.3. The summed E-state index contributed by atoms with van der Waals surface area (Å²) in [6, 6.07) is 7.22. The number of fused-ring (bicyclic) bond motifs is 1. The quantitative estimate of drug-likeness (QED) is 0.659. The second kappa shape index (κ2) is 6.57. The summed E-state index contributed by atoms with van der Waals surface area (Å²) in [4.78, 5) is 30.8. The van der Waals surface area contributed by atoms with Gasteiger partial charge < -0.3 is 19.5 Å². The van der Waals surface area contributed by atoms with Crippen LogP contribution in [0.2, 0.25) is 0 Å². The molecule has 0 saturated heterocycles. The first-order valence-electron chi connectivity index (χ1n) is 8.82. The van der Waals surface area contributed by atoms with Gasteiger partial charge >= 0.3 is 5.97 Å². The summed E-state index contributed by atoms with van der Waals surface area (Å²) in [7, 11) is 1.30. The molecule has 27 heavy (non-hydrogen) atoms. The fourth-order valence-corrected chi connectivity index (χ4v) is 3.50. The van der Waals surface area contributed by atoms with Crippen molar-refractivity contribution in [3.63, 3.8) is 0 Å². The van der Waals surface area contributed by atoms with E-state index in [4.69, 9.17) is 9.47 Å². The van der Waals surface area contributed by atoms with Crippen molar-refractivity contribution in [2.24, 2.45) is 5.41 Å². The summed E-state index contributed by atoms with van der Waals surface area (Å²) in [5.74, 6) is -0.322. The van der Waals surface area contributed by atoms with Crippen molar-refractivity contribution in [3.8, 4) is 22.6 Å². The molecule has 7 heteroatoms. The molecule has 1 aliphatic carbocycles. The highest BCUT2D eigenvalue weighted by Gasteiger charge is 2.59. The second-order valence-corrected chi connectivity index (χ2v) is 6.87. The van der Waals surface area contributed by atoms with Gasteiger partial charge in [-0.25, -0.2) is 0 Å². The number of carbonyl (C=O) groups excluding carboxylic acids is 2. The Morgan fingerprint density at radius 3 is 2.78 bits per heavy atom. The standard InChI is InChI=1S/C20H20N2O5/c1-26-19(25)20(4-5-20)18(24)22-7-8-27-17-15(12-22)9-14(10-16(17)23)13-3-2-6-21-11-13/h2-3,6,9-11,23H,4-5,7-8,12H2,1H3. The molecule has 0 bridgehead atoms. The molecule has 140 valence electrons. The Bertz CT molecular complexity index is 893. The Morgan fingerprint density at radius 2 is 2.11 bits per heavy atom. The van der Waals surface area contributed by atoms with Gasteiger partial charge in [0.05, 0.1) is 13.7 Å². The summed E-state index contributed by atoms with van der Waals surface area (Å²) in [6.07, 6.45) is 4.39. The first-order chi connectivity index (χ1) is 13.0. The van der Waals surface area contributed by atoms with Crippen molar-refractivity contribution in [1.82, 2.24) is 9.88 Å². The van der Waals surface area contributed by atoms with E-state index < -0.39 is 11.4 Å². The molecule has 0 radical (unpaired) electrons. The summed E-state index contributed by atoms with van der Waals surface area (Å²) >= 11 is 0. The van der Waals surface area contributed by atoms with E-state index in [9.17, 15) is 14.7 Å². The molecular weight excluding hydrogens is 348 g/mol. The minimum atomic E-state index is -1.05. The van der Waals surface area contributed by atoms with Crippen LogP contribution in [0.5, 0.6) is 11.5 Å². The first-order valence-corrected chi connectivity index (χ1v) is 8.82. The predicted octanol–water partition coefficient (Wildman–Crippen LogP) is 2.13. The fraction of sp³-hybridized carbons (Fsp3) is 0.350. The lowest BCUT2D eigenvalue weighted by Crippen LogP contribution is -2.42. The van der Waals surface area contributed by atoms with Crippen LogP contribution in [0.25, 0.3) is 11.1 Å². The van der Waals surface area contributed by atoms with Crippen molar-refractivity contribution in [2.45, 2.75) is 19.4 Å². The van der Waals surface area contributed by atoms with Gasteiger partial charge in [-0.1, -0.05) is 6.07 Å². The van der Waals surface area contributed by atoms with Crippen LogP contribution in [-0.4, -0.2) is 47.1 Å². The maximum absolute atomic E-state index is 13.0. The maximum Gasteiger partial charge on any atom is 0.321 e. The van der Waals surface area contributed by atoms with Crippen LogP contribution in [-0.2, 0) is 20.9 Å². The Labute approximate surface area is 156 Å². The summed E-state index contributed by atoms with van der Waals surface area (Å²) in [5, 5.41) is 10.4. The van der Waals surface area contributed by atoms with Gasteiger partial charge in [-0.2, -0.15) is 0 Å². The van der Waals surface area contributed by atoms with Crippen LogP contribution in [0, 0.1) is 5.41 Å². The van der Waals surface area contributed by atoms with Crippen LogP contribution in [0.4, 0.5) is 0 Å². The second-order valence-electron chi connectivity index (χ2n) is 6.87. The maximum atomic E-state index is 13.0. The van der Waals surface area contributed by atoms with Crippen LogP contribution < -0.4 is 4.74 Å². The number of ether oxygens (including phenoxy) is 2. The number of phenolic OH excluding ortho intramolecular Hbond substituents is 1. The number of benzene rings is 1. The van der Waals surface area contributed by atoms with Crippen molar-refractivity contribution in [1.29, 1.82) is 0 Å². The number of hydrogen-bond acceptors (Lipinski definition) is 6. The van der Waals surface area contributed by atoms with Crippen molar-refractivity contribution >= 4 is 11.9 Å². The lowest BCUT2D eigenvalue weighted by molar-refractivity contribution is -0.156. The topological polar surface area (TPSA) is 89.0 Å². The summed E-state index contributed by atoms with van der Waals surface area (Å²) < 4.78 is 10.5. The van der Waals surface area contributed by atoms with E-state index in [2.05, 4.69) is 4.98 Å². The van der Waals surface area contributed by atoms with Crippen molar-refractivity contribution in [2.75, 3.05) is 20.3 Å². The number of pyridine rings is 1. The SMILES string of the molecule is COC(=O)C1(C(=O)N2CCOc3c(O)cc(-c4cccnc4)cc3C2)CC1. The molecule has 1 aliphatic heterocycles. The number of methoxy groups -OCH3 is 1. The molecule has 0 atom stereocenters. The van der Waals surface area contributed by atoms with Gasteiger partial charge in [0.25, 0.3) is 0 Å². The molecule has 2 heterocycles. The average molecular weight is 368 g/mol. The van der Waals surface area contributed by atoms with Crippen LogP contribution in [0.3, 0.4) is 0 Å². The minimum Gasteiger partial charge on any atom is -0.504 e. The predicted molar refractivity (Wildman–Crippen MR) is 95.9 cm³/mol. The number of carbonyl (C=O) groups is 2. The van der Waals surface area contributed by atoms with E-state index in [0.717, 1.165) is 11.1 Å². The number of nitrogens with zero attached hydrogens (tertiary/aromatic N) is 2. The van der Waals surface area contributed by atoms with Crippen molar-refractivity contribution in [3.05, 3.63) is 42.2 Å². The number of esters is 1. The smallest absolute Gasteiger partial charge is 0.321 e. The zero-order chi connectivity index (χ0) is 19.0. The molecule has 1 aromatic heterocycles. The summed E-state index contributed by atoms with van der Waals surface area (Å²) in [6.45, 7) is 0.846. The van der Waals surface area contributed by atoms with Crippen LogP contribution in [0.1, 0.15) is 18.4 Å². The minimum absolute atomic E-state index is 0.0229. The zero-order valence-corrected chi connectivity index (χ0v) is 15.0. The molecule has 1 fully saturated rings. The van der Waals surface area contributed by atoms with E-state index in [1.54, 1.807) is 23.4 Å². The third-order valence-corrected chi connectivity index (χ3v) is 5.13. The van der Waals surface area contributed by atoms with Crippen molar-refractivity contribution < 1.29 is 24.2 Å². The Kier molecular flexibility index (Phi) is 4.22.